The van der Waals surface area contributed by atoms with E-state index < -0.39 is 20.0 Å². The summed E-state index contributed by atoms with van der Waals surface area (Å²) in [4.78, 5) is -0.293. The molecule has 0 aromatic heterocycles. The van der Waals surface area contributed by atoms with Gasteiger partial charge in [0.2, 0.25) is 20.0 Å². The van der Waals surface area contributed by atoms with Crippen LogP contribution in [0.1, 0.15) is 19.8 Å². The third kappa shape index (κ3) is 3.33. The van der Waals surface area contributed by atoms with Crippen LogP contribution in [0.4, 0.5) is 0 Å². The summed E-state index contributed by atoms with van der Waals surface area (Å²) < 4.78 is 49.1. The van der Waals surface area contributed by atoms with Crippen molar-refractivity contribution in [1.29, 1.82) is 0 Å². The summed E-state index contributed by atoms with van der Waals surface area (Å²) in [6.45, 7) is 2.00. The van der Waals surface area contributed by atoms with E-state index in [0.717, 1.165) is 18.9 Å². The highest BCUT2D eigenvalue weighted by Gasteiger charge is 2.38. The van der Waals surface area contributed by atoms with Crippen LogP contribution in [0.2, 0.25) is 0 Å². The second kappa shape index (κ2) is 4.86. The molecule has 0 amide bonds. The highest BCUT2D eigenvalue weighted by atomic mass is 32.2. The average Bonchev–Trinajstić information content (AvgIpc) is 3.06. The van der Waals surface area contributed by atoms with Crippen LogP contribution >= 0.6 is 0 Å². The second-order valence-electron chi connectivity index (χ2n) is 4.65. The second-order valence-corrected chi connectivity index (χ2v) is 7.93. The number of primary sulfonamides is 1. The number of benzene rings is 1. The Morgan fingerprint density at radius 1 is 1.26 bits per heavy atom. The molecule has 1 aromatic rings. The molecule has 1 aliphatic carbocycles. The molecule has 6 nitrogen and oxygen atoms in total. The van der Waals surface area contributed by atoms with Gasteiger partial charge in [-0.3, -0.25) is 0 Å². The van der Waals surface area contributed by atoms with E-state index in [-0.39, 0.29) is 15.8 Å². The van der Waals surface area contributed by atoms with Crippen molar-refractivity contribution in [2.75, 3.05) is 0 Å². The Balaban J connectivity index is 2.26. The first kappa shape index (κ1) is 14.4. The maximum Gasteiger partial charge on any atom is 0.240 e. The van der Waals surface area contributed by atoms with E-state index in [1.54, 1.807) is 0 Å². The van der Waals surface area contributed by atoms with E-state index in [2.05, 4.69) is 4.72 Å². The number of rotatable bonds is 5. The summed E-state index contributed by atoms with van der Waals surface area (Å²) in [5.41, 5.74) is 0. The van der Waals surface area contributed by atoms with Crippen molar-refractivity contribution < 1.29 is 16.8 Å². The molecule has 0 radical (unpaired) electrons. The van der Waals surface area contributed by atoms with Crippen LogP contribution in [0.3, 0.4) is 0 Å². The lowest BCUT2D eigenvalue weighted by molar-refractivity contribution is 0.575. The quantitative estimate of drug-likeness (QED) is 0.821. The van der Waals surface area contributed by atoms with Gasteiger partial charge < -0.3 is 0 Å². The molecule has 2 unspecified atom stereocenters. The zero-order valence-electron chi connectivity index (χ0n) is 10.4. The van der Waals surface area contributed by atoms with Crippen LogP contribution in [0.25, 0.3) is 0 Å². The number of hydrogen-bond acceptors (Lipinski definition) is 4. The van der Waals surface area contributed by atoms with Gasteiger partial charge in [0.05, 0.1) is 9.79 Å². The predicted octanol–water partition coefficient (Wildman–Crippen LogP) is 0.411. The minimum absolute atomic E-state index is 0.0480. The molecule has 1 aromatic carbocycles. The normalized spacial score (nSPS) is 23.3. The Hall–Kier alpha value is -0.960. The molecule has 1 fully saturated rings. The molecule has 0 bridgehead atoms. The van der Waals surface area contributed by atoms with Crippen LogP contribution in [-0.2, 0) is 20.0 Å². The van der Waals surface area contributed by atoms with Gasteiger partial charge in [-0.2, -0.15) is 0 Å². The number of hydrogen-bond donors (Lipinski definition) is 2. The lowest BCUT2D eigenvalue weighted by Crippen LogP contribution is -2.27. The van der Waals surface area contributed by atoms with E-state index in [0.29, 0.717) is 5.92 Å². The molecule has 2 atom stereocenters. The molecule has 2 rings (SSSR count). The van der Waals surface area contributed by atoms with E-state index >= 15 is 0 Å². The Morgan fingerprint density at radius 3 is 2.42 bits per heavy atom. The molecule has 0 saturated heterocycles. The molecular weight excluding hydrogens is 288 g/mol. The first-order valence-electron chi connectivity index (χ1n) is 5.89. The SMILES string of the molecule is CCC1CC1NS(=O)(=O)c1cccc(S(N)(=O)=O)c1. The maximum atomic E-state index is 12.1. The minimum atomic E-state index is -3.91. The van der Waals surface area contributed by atoms with Gasteiger partial charge in [0.15, 0.2) is 0 Å². The molecule has 8 heteroatoms. The van der Waals surface area contributed by atoms with Gasteiger partial charge in [-0.25, -0.2) is 26.7 Å². The summed E-state index contributed by atoms with van der Waals surface area (Å²) in [5, 5.41) is 4.98. The van der Waals surface area contributed by atoms with E-state index in [1.165, 1.54) is 18.2 Å². The van der Waals surface area contributed by atoms with Crippen molar-refractivity contribution >= 4 is 20.0 Å². The number of nitrogens with two attached hydrogens (primary N) is 1. The zero-order valence-corrected chi connectivity index (χ0v) is 12.0. The lowest BCUT2D eigenvalue weighted by atomic mass is 10.3. The summed E-state index contributed by atoms with van der Waals surface area (Å²) in [6, 6.07) is 4.99. The van der Waals surface area contributed by atoms with E-state index in [4.69, 9.17) is 5.14 Å². The molecule has 1 aliphatic rings. The summed E-state index contributed by atoms with van der Waals surface area (Å²) in [7, 11) is -7.60. The van der Waals surface area contributed by atoms with Crippen molar-refractivity contribution in [1.82, 2.24) is 4.72 Å². The molecular formula is C11H16N2O4S2. The smallest absolute Gasteiger partial charge is 0.225 e. The highest BCUT2D eigenvalue weighted by molar-refractivity contribution is 7.90. The topological polar surface area (TPSA) is 106 Å². The number of sulfonamides is 2. The van der Waals surface area contributed by atoms with Crippen molar-refractivity contribution in [2.24, 2.45) is 11.1 Å². The lowest BCUT2D eigenvalue weighted by Gasteiger charge is -2.07. The fourth-order valence-corrected chi connectivity index (χ4v) is 3.93. The van der Waals surface area contributed by atoms with Gasteiger partial charge in [-0.15, -0.1) is 0 Å². The molecule has 0 spiro atoms. The van der Waals surface area contributed by atoms with Gasteiger partial charge in [0.25, 0.3) is 0 Å². The Labute approximate surface area is 113 Å². The summed E-state index contributed by atoms with van der Waals surface area (Å²) >= 11 is 0. The first-order chi connectivity index (χ1) is 8.74. The molecule has 19 heavy (non-hydrogen) atoms. The fraction of sp³-hybridized carbons (Fsp3) is 0.455. The van der Waals surface area contributed by atoms with Gasteiger partial charge >= 0.3 is 0 Å². The third-order valence-corrected chi connectivity index (χ3v) is 5.60. The van der Waals surface area contributed by atoms with Crippen LogP contribution in [-0.4, -0.2) is 22.9 Å². The Bertz CT molecular complexity index is 682. The van der Waals surface area contributed by atoms with Crippen LogP contribution < -0.4 is 9.86 Å². The minimum Gasteiger partial charge on any atom is -0.225 e. The molecule has 1 saturated carbocycles. The average molecular weight is 304 g/mol. The van der Waals surface area contributed by atoms with Gasteiger partial charge in [-0.1, -0.05) is 19.4 Å². The first-order valence-corrected chi connectivity index (χ1v) is 8.92. The number of nitrogens with one attached hydrogen (secondary N) is 1. The van der Waals surface area contributed by atoms with Crippen molar-refractivity contribution in [3.05, 3.63) is 24.3 Å². The summed E-state index contributed by atoms with van der Waals surface area (Å²) in [5.74, 6) is 0.371. The van der Waals surface area contributed by atoms with Crippen molar-refractivity contribution in [2.45, 2.75) is 35.6 Å². The van der Waals surface area contributed by atoms with Crippen molar-refractivity contribution in [3.8, 4) is 0 Å². The van der Waals surface area contributed by atoms with E-state index in [9.17, 15) is 16.8 Å². The van der Waals surface area contributed by atoms with Crippen LogP contribution in [0, 0.1) is 5.92 Å². The predicted molar refractivity (Wildman–Crippen MR) is 70.3 cm³/mol. The van der Waals surface area contributed by atoms with Gasteiger partial charge in [-0.05, 0) is 30.5 Å². The molecule has 106 valence electrons. The summed E-state index contributed by atoms with van der Waals surface area (Å²) in [6.07, 6.45) is 1.75. The van der Waals surface area contributed by atoms with Crippen molar-refractivity contribution in [3.63, 3.8) is 0 Å². The fourth-order valence-electron chi connectivity index (χ4n) is 1.93. The Morgan fingerprint density at radius 2 is 1.89 bits per heavy atom. The molecule has 0 aliphatic heterocycles. The Kier molecular flexibility index (Phi) is 3.69. The van der Waals surface area contributed by atoms with Gasteiger partial charge in [0, 0.05) is 6.04 Å². The van der Waals surface area contributed by atoms with Crippen LogP contribution in [0.15, 0.2) is 34.1 Å². The standard InChI is InChI=1S/C11H16N2O4S2/c1-2-8-6-11(8)13-19(16,17)10-5-3-4-9(7-10)18(12,14)15/h3-5,7-8,11,13H,2,6H2,1H3,(H2,12,14,15). The maximum absolute atomic E-state index is 12.1. The molecule has 0 heterocycles. The van der Waals surface area contributed by atoms with E-state index in [1.807, 2.05) is 6.92 Å². The largest absolute Gasteiger partial charge is 0.240 e. The monoisotopic (exact) mass is 304 g/mol. The highest BCUT2D eigenvalue weighted by Crippen LogP contribution is 2.34. The van der Waals surface area contributed by atoms with Gasteiger partial charge in [0.1, 0.15) is 0 Å². The molecule has 3 N–H and O–H groups in total. The third-order valence-electron chi connectivity index (χ3n) is 3.20. The van der Waals surface area contributed by atoms with Crippen LogP contribution in [0.5, 0.6) is 0 Å². The zero-order chi connectivity index (χ0) is 14.3.